The lowest BCUT2D eigenvalue weighted by atomic mass is 9.92. The van der Waals surface area contributed by atoms with Gasteiger partial charge < -0.3 is 35.0 Å². The Bertz CT molecular complexity index is 1530. The van der Waals surface area contributed by atoms with Crippen molar-refractivity contribution in [3.63, 3.8) is 0 Å². The molecule has 16 heteroatoms. The molecule has 2 aromatic rings. The molecule has 1 aliphatic rings. The van der Waals surface area contributed by atoms with Crippen LogP contribution in [0.4, 0.5) is 10.5 Å². The summed E-state index contributed by atoms with van der Waals surface area (Å²) >= 11 is 0. The van der Waals surface area contributed by atoms with Crippen LogP contribution >= 0.6 is 0 Å². The molecule has 0 radical (unpaired) electrons. The summed E-state index contributed by atoms with van der Waals surface area (Å²) < 4.78 is 10.5. The van der Waals surface area contributed by atoms with Crippen LogP contribution in [0.3, 0.4) is 0 Å². The van der Waals surface area contributed by atoms with Gasteiger partial charge >= 0.3 is 18.0 Å². The number of carbonyl (C=O) groups excluding carboxylic acids is 5. The summed E-state index contributed by atoms with van der Waals surface area (Å²) in [6, 6.07) is 11.3. The van der Waals surface area contributed by atoms with Crippen LogP contribution in [0.1, 0.15) is 45.6 Å². The standard InChI is InChI=1S/C33H41N5O11/c1-33(2,3)49-32(45)34-19-27(39)35-25(18-22(30(42)43)17-21-9-6-5-7-10-21)29(41)36(4)20-28(40)37-16-8-11-26(37)31(44)48-24-14-12-23(13-15-24)38(46)47/h5-7,9-10,12-15,22,25-26H,8,11,16-20H2,1-4H3,(H,34,45)(H,35,39)(H,42,43)/t22?,25-,26-/m0/s1. The van der Waals surface area contributed by atoms with E-state index in [2.05, 4.69) is 10.6 Å². The minimum Gasteiger partial charge on any atom is -0.481 e. The molecule has 0 bridgehead atoms. The number of carbonyl (C=O) groups is 6. The van der Waals surface area contributed by atoms with Gasteiger partial charge in [-0.15, -0.1) is 0 Å². The molecule has 16 nitrogen and oxygen atoms in total. The number of carboxylic acid groups (broad SMARTS) is 1. The smallest absolute Gasteiger partial charge is 0.408 e. The van der Waals surface area contributed by atoms with Gasteiger partial charge in [-0.1, -0.05) is 30.3 Å². The molecule has 0 spiro atoms. The van der Waals surface area contributed by atoms with Crippen LogP contribution in [0, 0.1) is 16.0 Å². The number of nitrogens with zero attached hydrogens (tertiary/aromatic N) is 3. The number of nitro benzene ring substituents is 1. The molecule has 2 aromatic carbocycles. The van der Waals surface area contributed by atoms with Crippen LogP contribution < -0.4 is 15.4 Å². The highest BCUT2D eigenvalue weighted by Crippen LogP contribution is 2.23. The van der Waals surface area contributed by atoms with Crippen molar-refractivity contribution >= 4 is 41.4 Å². The summed E-state index contributed by atoms with van der Waals surface area (Å²) in [7, 11) is 1.31. The van der Waals surface area contributed by atoms with Crippen LogP contribution in [0.5, 0.6) is 5.75 Å². The lowest BCUT2D eigenvalue weighted by molar-refractivity contribution is -0.384. The van der Waals surface area contributed by atoms with Crippen molar-refractivity contribution in [2.45, 2.75) is 64.1 Å². The minimum atomic E-state index is -1.39. The summed E-state index contributed by atoms with van der Waals surface area (Å²) in [6.07, 6.45) is -0.368. The molecule has 49 heavy (non-hydrogen) atoms. The van der Waals surface area contributed by atoms with Gasteiger partial charge in [0, 0.05) is 25.7 Å². The summed E-state index contributed by atoms with van der Waals surface area (Å²) in [5.41, 5.74) is -0.312. The van der Waals surface area contributed by atoms with Crippen molar-refractivity contribution in [3.8, 4) is 5.75 Å². The predicted molar refractivity (Wildman–Crippen MR) is 173 cm³/mol. The maximum Gasteiger partial charge on any atom is 0.408 e. The quantitative estimate of drug-likeness (QED) is 0.114. The molecule has 1 fully saturated rings. The fraction of sp³-hybridized carbons (Fsp3) is 0.455. The van der Waals surface area contributed by atoms with E-state index in [0.29, 0.717) is 18.4 Å². The largest absolute Gasteiger partial charge is 0.481 e. The molecule has 1 unspecified atom stereocenters. The van der Waals surface area contributed by atoms with E-state index in [1.807, 2.05) is 0 Å². The Morgan fingerprint density at radius 2 is 1.71 bits per heavy atom. The molecule has 1 aliphatic heterocycles. The molecular weight excluding hydrogens is 642 g/mol. The van der Waals surface area contributed by atoms with E-state index in [9.17, 15) is 44.0 Å². The van der Waals surface area contributed by atoms with Gasteiger partial charge in [0.2, 0.25) is 17.7 Å². The Kier molecular flexibility index (Phi) is 13.2. The second-order valence-electron chi connectivity index (χ2n) is 12.5. The second kappa shape index (κ2) is 17.0. The zero-order valence-electron chi connectivity index (χ0n) is 27.7. The summed E-state index contributed by atoms with van der Waals surface area (Å²) in [5, 5.41) is 25.7. The fourth-order valence-corrected chi connectivity index (χ4v) is 5.16. The maximum absolute atomic E-state index is 13.7. The number of hydrogen-bond donors (Lipinski definition) is 3. The summed E-state index contributed by atoms with van der Waals surface area (Å²) in [4.78, 5) is 89.8. The molecule has 1 saturated heterocycles. The van der Waals surface area contributed by atoms with Crippen molar-refractivity contribution in [1.82, 2.24) is 20.4 Å². The normalized spacial score (nSPS) is 15.3. The molecule has 0 saturated carbocycles. The van der Waals surface area contributed by atoms with Gasteiger partial charge in [0.25, 0.3) is 5.69 Å². The highest BCUT2D eigenvalue weighted by atomic mass is 16.6. The average Bonchev–Trinajstić information content (AvgIpc) is 3.53. The number of nitrogens with one attached hydrogen (secondary N) is 2. The van der Waals surface area contributed by atoms with Crippen molar-refractivity contribution in [2.75, 3.05) is 26.7 Å². The number of amides is 4. The molecule has 0 aliphatic carbocycles. The van der Waals surface area contributed by atoms with Gasteiger partial charge in [0.1, 0.15) is 30.0 Å². The first-order valence-corrected chi connectivity index (χ1v) is 15.6. The van der Waals surface area contributed by atoms with Gasteiger partial charge in [-0.2, -0.15) is 0 Å². The molecule has 264 valence electrons. The summed E-state index contributed by atoms with van der Waals surface area (Å²) in [5.74, 6) is -5.13. The highest BCUT2D eigenvalue weighted by molar-refractivity contribution is 5.93. The van der Waals surface area contributed by atoms with Crippen LogP contribution in [0.2, 0.25) is 0 Å². The Morgan fingerprint density at radius 1 is 1.06 bits per heavy atom. The van der Waals surface area contributed by atoms with E-state index in [0.717, 1.165) is 4.90 Å². The van der Waals surface area contributed by atoms with E-state index in [4.69, 9.17) is 9.47 Å². The zero-order valence-corrected chi connectivity index (χ0v) is 27.7. The average molecular weight is 684 g/mol. The first-order chi connectivity index (χ1) is 23.0. The Morgan fingerprint density at radius 3 is 2.31 bits per heavy atom. The number of hydrogen-bond acceptors (Lipinski definition) is 10. The maximum atomic E-state index is 13.7. The van der Waals surface area contributed by atoms with E-state index in [1.165, 1.54) is 36.2 Å². The number of rotatable bonds is 14. The van der Waals surface area contributed by atoms with Gasteiger partial charge in [0.15, 0.2) is 0 Å². The third-order valence-corrected chi connectivity index (χ3v) is 7.48. The number of likely N-dealkylation sites (tertiary alicyclic amines) is 1. The first-order valence-electron chi connectivity index (χ1n) is 15.6. The van der Waals surface area contributed by atoms with Gasteiger partial charge in [0.05, 0.1) is 17.4 Å². The van der Waals surface area contributed by atoms with Crippen LogP contribution in [-0.2, 0) is 35.1 Å². The monoisotopic (exact) mass is 683 g/mol. The molecule has 1 heterocycles. The van der Waals surface area contributed by atoms with Crippen molar-refractivity contribution in [2.24, 2.45) is 5.92 Å². The number of ether oxygens (including phenoxy) is 2. The number of esters is 1. The minimum absolute atomic E-state index is 0.0565. The Balaban J connectivity index is 1.71. The predicted octanol–water partition coefficient (Wildman–Crippen LogP) is 2.29. The number of non-ortho nitro benzene ring substituents is 1. The molecular formula is C33H41N5O11. The third-order valence-electron chi connectivity index (χ3n) is 7.48. The first kappa shape index (κ1) is 37.9. The second-order valence-corrected chi connectivity index (χ2v) is 12.5. The number of alkyl carbamates (subject to hydrolysis) is 1. The van der Waals surface area contributed by atoms with Crippen molar-refractivity contribution in [3.05, 3.63) is 70.3 Å². The lowest BCUT2D eigenvalue weighted by Crippen LogP contribution is -2.53. The van der Waals surface area contributed by atoms with Crippen LogP contribution in [0.25, 0.3) is 0 Å². The summed E-state index contributed by atoms with van der Waals surface area (Å²) in [6.45, 7) is 4.06. The number of aliphatic carboxylic acids is 1. The Hall–Kier alpha value is -5.54. The Labute approximate surface area is 282 Å². The van der Waals surface area contributed by atoms with Gasteiger partial charge in [-0.3, -0.25) is 29.3 Å². The lowest BCUT2D eigenvalue weighted by Gasteiger charge is -2.29. The van der Waals surface area contributed by atoms with E-state index in [1.54, 1.807) is 51.1 Å². The zero-order chi connectivity index (χ0) is 36.3. The SMILES string of the molecule is CN(CC(=O)N1CCC[C@H]1C(=O)Oc1ccc([N+](=O)[O-])cc1)C(=O)[C@H](CC(Cc1ccccc1)C(=O)O)NC(=O)CNC(=O)OC(C)(C)C. The molecule has 3 atom stereocenters. The van der Waals surface area contributed by atoms with Gasteiger partial charge in [-0.25, -0.2) is 9.59 Å². The number of nitro groups is 1. The van der Waals surface area contributed by atoms with E-state index in [-0.39, 0.29) is 30.8 Å². The number of carboxylic acids is 1. The number of benzene rings is 2. The van der Waals surface area contributed by atoms with E-state index < -0.39 is 77.4 Å². The van der Waals surface area contributed by atoms with Crippen LogP contribution in [-0.4, -0.2) is 99.9 Å². The third kappa shape index (κ3) is 11.9. The molecule has 3 rings (SSSR count). The van der Waals surface area contributed by atoms with Crippen molar-refractivity contribution < 1.29 is 48.3 Å². The van der Waals surface area contributed by atoms with Crippen molar-refractivity contribution in [1.29, 1.82) is 0 Å². The highest BCUT2D eigenvalue weighted by Gasteiger charge is 2.37. The van der Waals surface area contributed by atoms with Crippen LogP contribution in [0.15, 0.2) is 54.6 Å². The fourth-order valence-electron chi connectivity index (χ4n) is 5.16. The van der Waals surface area contributed by atoms with E-state index >= 15 is 0 Å². The molecule has 0 aromatic heterocycles. The molecule has 3 N–H and O–H groups in total. The topological polar surface area (TPSA) is 215 Å². The van der Waals surface area contributed by atoms with Gasteiger partial charge in [-0.05, 0) is 64.2 Å². The molecule has 4 amide bonds. The number of likely N-dealkylation sites (N-methyl/N-ethyl adjacent to an activating group) is 1.